The average molecular weight is 425 g/mol. The van der Waals surface area contributed by atoms with Crippen molar-refractivity contribution >= 4 is 10.8 Å². The van der Waals surface area contributed by atoms with Crippen LogP contribution in [0.2, 0.25) is 0 Å². The van der Waals surface area contributed by atoms with Crippen LogP contribution >= 0.6 is 0 Å². The summed E-state index contributed by atoms with van der Waals surface area (Å²) >= 11 is 0. The smallest absolute Gasteiger partial charge is 0.355 e. The molecular weight excluding hydrogens is 404 g/mol. The normalized spacial score (nSPS) is 11.8. The fraction of sp³-hybridized carbons (Fsp3) is 0.250. The Hall–Kier alpha value is -2.62. The molecule has 0 unspecified atom stereocenters. The Labute approximate surface area is 169 Å². The highest BCUT2D eigenvalue weighted by Crippen LogP contribution is 2.33. The van der Waals surface area contributed by atoms with E-state index in [9.17, 15) is 0 Å². The van der Waals surface area contributed by atoms with Gasteiger partial charge in [-0.25, -0.2) is 18.6 Å². The van der Waals surface area contributed by atoms with Gasteiger partial charge in [-0.05, 0) is 43.2 Å². The number of benzene rings is 1. The van der Waals surface area contributed by atoms with E-state index in [4.69, 9.17) is 37.0 Å². The minimum Gasteiger partial charge on any atom is -0.497 e. The van der Waals surface area contributed by atoms with E-state index in [1.165, 1.54) is 0 Å². The van der Waals surface area contributed by atoms with Gasteiger partial charge in [0, 0.05) is 0 Å². The van der Waals surface area contributed by atoms with Crippen molar-refractivity contribution in [2.45, 2.75) is 13.8 Å². The minimum atomic E-state index is -4.94. The lowest BCUT2D eigenvalue weighted by molar-refractivity contribution is -2.00. The highest BCUT2D eigenvalue weighted by Gasteiger charge is 2.19. The van der Waals surface area contributed by atoms with Crippen LogP contribution < -0.4 is 33.5 Å². The summed E-state index contributed by atoms with van der Waals surface area (Å²) in [6.07, 6.45) is 0. The summed E-state index contributed by atoms with van der Waals surface area (Å²) in [6.45, 7) is 3.87. The zero-order chi connectivity index (χ0) is 21.8. The molecule has 8 nitrogen and oxygen atoms in total. The average Bonchev–Trinajstić information content (AvgIpc) is 2.85. The Morgan fingerprint density at radius 2 is 1.38 bits per heavy atom. The Morgan fingerprint density at radius 3 is 1.86 bits per heavy atom. The number of ether oxygens (including phenoxy) is 2. The molecule has 0 radical (unpaired) electrons. The Balaban J connectivity index is 0.000000537. The third-order valence-corrected chi connectivity index (χ3v) is 4.19. The van der Waals surface area contributed by atoms with Crippen LogP contribution in [0.15, 0.2) is 45.2 Å². The summed E-state index contributed by atoms with van der Waals surface area (Å²) in [5.74, 6) is 3.21. The number of hydrogen-bond acceptors (Lipinski definition) is 7. The van der Waals surface area contributed by atoms with Crippen molar-refractivity contribution in [3.63, 3.8) is 0 Å². The molecule has 1 heterocycles. The fourth-order valence-corrected chi connectivity index (χ4v) is 3.02. The van der Waals surface area contributed by atoms with Crippen molar-refractivity contribution in [3.05, 3.63) is 57.8 Å². The molecule has 3 aromatic rings. The second-order valence-electron chi connectivity index (χ2n) is 5.95. The molecule has 0 amide bonds. The molecule has 0 aliphatic carbocycles. The number of methoxy groups -OCH3 is 2. The predicted octanol–water partition coefficient (Wildman–Crippen LogP) is -0.496. The molecule has 0 aliphatic rings. The van der Waals surface area contributed by atoms with Crippen LogP contribution in [-0.2, 0) is 0 Å². The monoisotopic (exact) mass is 424 g/mol. The quantitative estimate of drug-likeness (QED) is 0.517. The third-order valence-electron chi connectivity index (χ3n) is 4.19. The van der Waals surface area contributed by atoms with Crippen molar-refractivity contribution in [1.82, 2.24) is 0 Å². The summed E-state index contributed by atoms with van der Waals surface area (Å²) in [7, 11) is 0.0486. The van der Waals surface area contributed by atoms with E-state index >= 15 is 0 Å². The lowest BCUT2D eigenvalue weighted by atomic mass is 10.1. The Kier molecular flexibility index (Phi) is 7.23. The van der Waals surface area contributed by atoms with Crippen molar-refractivity contribution in [2.75, 3.05) is 21.3 Å². The molecule has 29 heavy (non-hydrogen) atoms. The van der Waals surface area contributed by atoms with Crippen LogP contribution in [0, 0.1) is 24.1 Å². The van der Waals surface area contributed by atoms with Gasteiger partial charge in [-0.15, -0.1) is 10.2 Å². The highest BCUT2D eigenvalue weighted by atomic mass is 35.7. The summed E-state index contributed by atoms with van der Waals surface area (Å²) in [6, 6.07) is 11.9. The van der Waals surface area contributed by atoms with Gasteiger partial charge in [0.1, 0.15) is 28.4 Å². The van der Waals surface area contributed by atoms with Gasteiger partial charge in [0.2, 0.25) is 0 Å². The predicted molar refractivity (Wildman–Crippen MR) is 96.4 cm³/mol. The number of furan rings is 1. The first-order valence-corrected chi connectivity index (χ1v) is 9.57. The molecule has 1 aromatic heterocycles. The van der Waals surface area contributed by atoms with Gasteiger partial charge in [-0.1, -0.05) is 12.1 Å². The van der Waals surface area contributed by atoms with Crippen LogP contribution in [0.25, 0.3) is 21.9 Å². The number of aryl methyl sites for hydroxylation is 2. The fourth-order valence-electron chi connectivity index (χ4n) is 3.02. The van der Waals surface area contributed by atoms with Crippen molar-refractivity contribution < 1.29 is 42.8 Å². The van der Waals surface area contributed by atoms with Gasteiger partial charge in [0.05, 0.1) is 25.7 Å². The number of fused-ring (bicyclic) bond motifs is 1. The van der Waals surface area contributed by atoms with E-state index in [-0.39, 0.29) is 0 Å². The zero-order valence-electron chi connectivity index (χ0n) is 16.6. The maximum atomic E-state index is 8.49. The van der Waals surface area contributed by atoms with Gasteiger partial charge in [0.15, 0.2) is 0 Å². The Bertz CT molecular complexity index is 1040. The van der Waals surface area contributed by atoms with Gasteiger partial charge in [-0.2, -0.15) is 0 Å². The second-order valence-corrected chi connectivity index (χ2v) is 6.71. The summed E-state index contributed by atoms with van der Waals surface area (Å²) < 4.78 is 56.3. The van der Waals surface area contributed by atoms with Gasteiger partial charge >= 0.3 is 5.43 Å². The first-order chi connectivity index (χ1) is 13.6. The van der Waals surface area contributed by atoms with Gasteiger partial charge < -0.3 is 13.9 Å². The first-order valence-electron chi connectivity index (χ1n) is 8.34. The van der Waals surface area contributed by atoms with E-state index in [2.05, 4.69) is 0 Å². The molecule has 0 bridgehead atoms. The summed E-state index contributed by atoms with van der Waals surface area (Å²) in [5.41, 5.74) is 2.81. The molecular formula is C20H21ClO8. The van der Waals surface area contributed by atoms with Crippen LogP contribution in [-0.4, -0.2) is 21.3 Å². The lowest BCUT2D eigenvalue weighted by Crippen LogP contribution is -2.68. The van der Waals surface area contributed by atoms with Crippen LogP contribution in [0.1, 0.15) is 11.5 Å². The minimum absolute atomic E-state index is 0.758. The lowest BCUT2D eigenvalue weighted by Gasteiger charge is -2.17. The van der Waals surface area contributed by atoms with Crippen molar-refractivity contribution in [2.24, 2.45) is 0 Å². The molecule has 0 fully saturated rings. The molecule has 3 rings (SSSR count). The van der Waals surface area contributed by atoms with Gasteiger partial charge in [0.25, 0.3) is 7.11 Å². The molecule has 2 aromatic carbocycles. The van der Waals surface area contributed by atoms with E-state index in [0.29, 0.717) is 0 Å². The standard InChI is InChI=1S/C20H21O4.ClHO4/c1-12-19-17(22-4)10-15(14-6-8-16(21-3)9-7-14)11-18(23-5)20(19)13(2)24-12;2-1(3,4)5/h6-11H,1-5H3;(H,2,3,4,5)/q+1;/p-1. The summed E-state index contributed by atoms with van der Waals surface area (Å²) in [4.78, 5) is 0. The van der Waals surface area contributed by atoms with E-state index in [0.717, 1.165) is 50.3 Å². The molecule has 0 N–H and O–H groups in total. The molecule has 0 saturated heterocycles. The van der Waals surface area contributed by atoms with Crippen LogP contribution in [0.3, 0.4) is 0 Å². The van der Waals surface area contributed by atoms with E-state index in [1.807, 2.05) is 50.2 Å². The molecule has 0 spiro atoms. The first kappa shape index (κ1) is 22.7. The van der Waals surface area contributed by atoms with Crippen molar-refractivity contribution in [1.29, 1.82) is 0 Å². The zero-order valence-corrected chi connectivity index (χ0v) is 17.4. The number of halogens is 1. The van der Waals surface area contributed by atoms with Crippen LogP contribution in [0.5, 0.6) is 11.5 Å². The third kappa shape index (κ3) is 5.69. The summed E-state index contributed by atoms with van der Waals surface area (Å²) in [5, 5.41) is 1.87. The second kappa shape index (κ2) is 9.25. The maximum Gasteiger partial charge on any atom is 0.355 e. The SMILES string of the molecule is COc1ccc(-c2cc(OC)c3c(C)oc(C)c3c(=[O+]C)c2)cc1.[O-][Cl+3]([O-])([O-])[O-]. The van der Waals surface area contributed by atoms with E-state index in [1.54, 1.807) is 21.3 Å². The topological polar surface area (TPSA) is 135 Å². The maximum absolute atomic E-state index is 8.49. The largest absolute Gasteiger partial charge is 0.497 e. The highest BCUT2D eigenvalue weighted by molar-refractivity contribution is 5.93. The molecule has 0 saturated carbocycles. The van der Waals surface area contributed by atoms with Crippen molar-refractivity contribution in [3.8, 4) is 22.6 Å². The number of rotatable bonds is 3. The molecule has 156 valence electrons. The van der Waals surface area contributed by atoms with Crippen LogP contribution in [0.4, 0.5) is 0 Å². The van der Waals surface area contributed by atoms with Gasteiger partial charge in [-0.3, -0.25) is 4.42 Å². The van der Waals surface area contributed by atoms with E-state index < -0.39 is 10.2 Å². The molecule has 0 aliphatic heterocycles. The molecule has 9 heteroatoms. The number of hydrogen-bond donors (Lipinski definition) is 0. The Morgan fingerprint density at radius 1 is 0.828 bits per heavy atom. The molecule has 0 atom stereocenters.